The maximum atomic E-state index is 11.6. The number of anilines is 1. The molecule has 1 fully saturated rings. The zero-order valence-corrected chi connectivity index (χ0v) is 16.9. The normalized spacial score (nSPS) is 17.0. The molecule has 2 aromatic carbocycles. The monoisotopic (exact) mass is 395 g/mol. The minimum absolute atomic E-state index is 0.193. The number of piperazine rings is 1. The van der Waals surface area contributed by atoms with E-state index < -0.39 is 0 Å². The number of fused-ring (bicyclic) bond motifs is 1. The molecular formula is C23H29N3O3. The topological polar surface area (TPSA) is 58.9 Å². The van der Waals surface area contributed by atoms with E-state index in [1.807, 2.05) is 12.1 Å². The van der Waals surface area contributed by atoms with Gasteiger partial charge in [0, 0.05) is 44.0 Å². The largest absolute Gasteiger partial charge is 0.487 e. The van der Waals surface area contributed by atoms with Crippen LogP contribution in [0, 0.1) is 10.1 Å². The molecule has 0 spiro atoms. The van der Waals surface area contributed by atoms with Crippen molar-refractivity contribution >= 4 is 11.4 Å². The molecule has 0 aromatic heterocycles. The average molecular weight is 396 g/mol. The van der Waals surface area contributed by atoms with E-state index in [0.29, 0.717) is 12.4 Å². The molecule has 1 aliphatic carbocycles. The lowest BCUT2D eigenvalue weighted by Gasteiger charge is -2.36. The summed E-state index contributed by atoms with van der Waals surface area (Å²) < 4.78 is 5.87. The van der Waals surface area contributed by atoms with Gasteiger partial charge in [0.2, 0.25) is 0 Å². The Morgan fingerprint density at radius 2 is 1.72 bits per heavy atom. The molecule has 6 heteroatoms. The Balaban J connectivity index is 1.26. The summed E-state index contributed by atoms with van der Waals surface area (Å²) >= 11 is 0. The first-order chi connectivity index (χ1) is 14.2. The van der Waals surface area contributed by atoms with Gasteiger partial charge in [-0.15, -0.1) is 0 Å². The third-order valence-electron chi connectivity index (χ3n) is 6.02. The fourth-order valence-electron chi connectivity index (χ4n) is 4.44. The quantitative estimate of drug-likeness (QED) is 0.402. The third-order valence-corrected chi connectivity index (χ3v) is 6.02. The number of ether oxygens (including phenoxy) is 1. The standard InChI is InChI=1S/C23H29N3O3/c27-26(28)23-21-10-5-4-7-19(21)11-12-22(23)29-18-6-13-24-14-16-25(17-15-24)20-8-2-1-3-9-20/h1-3,8-9,11-12H,4-7,10,13-18H2. The smallest absolute Gasteiger partial charge is 0.314 e. The van der Waals surface area contributed by atoms with Crippen molar-refractivity contribution in [2.75, 3.05) is 44.2 Å². The van der Waals surface area contributed by atoms with Crippen LogP contribution in [0.4, 0.5) is 11.4 Å². The molecule has 0 amide bonds. The van der Waals surface area contributed by atoms with Crippen LogP contribution in [0.15, 0.2) is 42.5 Å². The van der Waals surface area contributed by atoms with Gasteiger partial charge in [0.1, 0.15) is 0 Å². The number of benzene rings is 2. The summed E-state index contributed by atoms with van der Waals surface area (Å²) in [5, 5.41) is 11.6. The predicted molar refractivity (Wildman–Crippen MR) is 115 cm³/mol. The van der Waals surface area contributed by atoms with Crippen LogP contribution in [-0.4, -0.2) is 49.2 Å². The van der Waals surface area contributed by atoms with E-state index in [9.17, 15) is 10.1 Å². The summed E-state index contributed by atoms with van der Waals surface area (Å²) in [6, 6.07) is 14.3. The lowest BCUT2D eigenvalue weighted by Crippen LogP contribution is -2.46. The summed E-state index contributed by atoms with van der Waals surface area (Å²) in [6.07, 6.45) is 4.73. The highest BCUT2D eigenvalue weighted by Gasteiger charge is 2.26. The number of rotatable bonds is 7. The molecule has 4 rings (SSSR count). The molecule has 0 unspecified atom stereocenters. The molecule has 1 saturated heterocycles. The van der Waals surface area contributed by atoms with E-state index in [2.05, 4.69) is 34.1 Å². The van der Waals surface area contributed by atoms with Crippen molar-refractivity contribution in [2.45, 2.75) is 32.1 Å². The molecule has 0 radical (unpaired) electrons. The van der Waals surface area contributed by atoms with E-state index in [0.717, 1.165) is 76.0 Å². The predicted octanol–water partition coefficient (Wildman–Crippen LogP) is 4.06. The molecule has 6 nitrogen and oxygen atoms in total. The van der Waals surface area contributed by atoms with Crippen LogP contribution in [-0.2, 0) is 12.8 Å². The van der Waals surface area contributed by atoms with Gasteiger partial charge in [0.05, 0.1) is 11.5 Å². The maximum Gasteiger partial charge on any atom is 0.314 e. The van der Waals surface area contributed by atoms with E-state index in [4.69, 9.17) is 4.74 Å². The van der Waals surface area contributed by atoms with Gasteiger partial charge >= 0.3 is 5.69 Å². The minimum atomic E-state index is -0.262. The van der Waals surface area contributed by atoms with Gasteiger partial charge in [-0.3, -0.25) is 15.0 Å². The van der Waals surface area contributed by atoms with Crippen molar-refractivity contribution in [3.05, 3.63) is 63.7 Å². The van der Waals surface area contributed by atoms with Gasteiger partial charge < -0.3 is 9.64 Å². The van der Waals surface area contributed by atoms with Gasteiger partial charge in [-0.1, -0.05) is 24.3 Å². The molecule has 1 aliphatic heterocycles. The highest BCUT2D eigenvalue weighted by Crippen LogP contribution is 2.37. The third kappa shape index (κ3) is 4.70. The molecule has 0 bridgehead atoms. The van der Waals surface area contributed by atoms with Crippen LogP contribution >= 0.6 is 0 Å². The highest BCUT2D eigenvalue weighted by atomic mass is 16.6. The van der Waals surface area contributed by atoms with Gasteiger partial charge in [0.15, 0.2) is 5.75 Å². The van der Waals surface area contributed by atoms with Gasteiger partial charge in [-0.05, 0) is 55.9 Å². The minimum Gasteiger partial charge on any atom is -0.487 e. The maximum absolute atomic E-state index is 11.6. The highest BCUT2D eigenvalue weighted by molar-refractivity contribution is 5.57. The van der Waals surface area contributed by atoms with Crippen molar-refractivity contribution in [2.24, 2.45) is 0 Å². The molecule has 2 aromatic rings. The average Bonchev–Trinajstić information content (AvgIpc) is 2.77. The Hall–Kier alpha value is -2.60. The molecule has 1 heterocycles. The first-order valence-electron chi connectivity index (χ1n) is 10.7. The van der Waals surface area contributed by atoms with Crippen molar-refractivity contribution in [1.82, 2.24) is 4.90 Å². The summed E-state index contributed by atoms with van der Waals surface area (Å²) in [5.74, 6) is 0.435. The Bertz CT molecular complexity index is 833. The number of hydrogen-bond acceptors (Lipinski definition) is 5. The van der Waals surface area contributed by atoms with Crippen LogP contribution in [0.1, 0.15) is 30.4 Å². The summed E-state index contributed by atoms with van der Waals surface area (Å²) in [6.45, 7) is 5.60. The molecule has 0 saturated carbocycles. The second-order valence-electron chi connectivity index (χ2n) is 7.88. The van der Waals surface area contributed by atoms with Gasteiger partial charge in [0.25, 0.3) is 0 Å². The summed E-state index contributed by atoms with van der Waals surface area (Å²) in [4.78, 5) is 16.2. The molecule has 0 N–H and O–H groups in total. The SMILES string of the molecule is O=[N+]([O-])c1c(OCCCN2CCN(c3ccccc3)CC2)ccc2c1CCCC2. The van der Waals surface area contributed by atoms with E-state index in [1.165, 1.54) is 5.69 Å². The second-order valence-corrected chi connectivity index (χ2v) is 7.88. The van der Waals surface area contributed by atoms with Gasteiger partial charge in [-0.2, -0.15) is 0 Å². The molecular weight excluding hydrogens is 366 g/mol. The molecule has 2 aliphatic rings. The molecule has 29 heavy (non-hydrogen) atoms. The van der Waals surface area contributed by atoms with E-state index in [-0.39, 0.29) is 10.6 Å². The number of nitrogens with zero attached hydrogens (tertiary/aromatic N) is 3. The number of aryl methyl sites for hydroxylation is 1. The van der Waals surface area contributed by atoms with Crippen LogP contribution in [0.25, 0.3) is 0 Å². The Morgan fingerprint density at radius 3 is 2.48 bits per heavy atom. The number of nitro groups is 1. The number of nitro benzene ring substituents is 1. The van der Waals surface area contributed by atoms with Crippen molar-refractivity contribution in [1.29, 1.82) is 0 Å². The number of para-hydroxylation sites is 1. The summed E-state index contributed by atoms with van der Waals surface area (Å²) in [5.41, 5.74) is 3.48. The van der Waals surface area contributed by atoms with Crippen LogP contribution in [0.3, 0.4) is 0 Å². The first-order valence-corrected chi connectivity index (χ1v) is 10.7. The lowest BCUT2D eigenvalue weighted by atomic mass is 9.90. The zero-order chi connectivity index (χ0) is 20.1. The fraction of sp³-hybridized carbons (Fsp3) is 0.478. The van der Waals surface area contributed by atoms with Crippen LogP contribution < -0.4 is 9.64 Å². The number of hydrogen-bond donors (Lipinski definition) is 0. The lowest BCUT2D eigenvalue weighted by molar-refractivity contribution is -0.386. The zero-order valence-electron chi connectivity index (χ0n) is 16.9. The van der Waals surface area contributed by atoms with Crippen molar-refractivity contribution < 1.29 is 9.66 Å². The molecule has 154 valence electrons. The van der Waals surface area contributed by atoms with Crippen molar-refractivity contribution in [3.8, 4) is 5.75 Å². The van der Waals surface area contributed by atoms with Gasteiger partial charge in [-0.25, -0.2) is 0 Å². The Morgan fingerprint density at radius 1 is 0.966 bits per heavy atom. The first kappa shape index (κ1) is 19.7. The fourth-order valence-corrected chi connectivity index (χ4v) is 4.44. The van der Waals surface area contributed by atoms with E-state index in [1.54, 1.807) is 6.07 Å². The summed E-state index contributed by atoms with van der Waals surface area (Å²) in [7, 11) is 0. The van der Waals surface area contributed by atoms with E-state index >= 15 is 0 Å². The Kier molecular flexibility index (Phi) is 6.30. The second kappa shape index (κ2) is 9.27. The van der Waals surface area contributed by atoms with Crippen molar-refractivity contribution in [3.63, 3.8) is 0 Å². The van der Waals surface area contributed by atoms with Crippen LogP contribution in [0.2, 0.25) is 0 Å². The molecule has 0 atom stereocenters. The Labute approximate surface area is 172 Å². The van der Waals surface area contributed by atoms with Crippen LogP contribution in [0.5, 0.6) is 5.75 Å².